The Morgan fingerprint density at radius 2 is 2.06 bits per heavy atom. The topological polar surface area (TPSA) is 119 Å². The van der Waals surface area contributed by atoms with Gasteiger partial charge in [-0.1, -0.05) is 6.92 Å². The van der Waals surface area contributed by atoms with E-state index in [1.807, 2.05) is 19.1 Å². The summed E-state index contributed by atoms with van der Waals surface area (Å²) in [4.78, 5) is 15.9. The molecule has 4 unspecified atom stereocenters. The Balaban J connectivity index is 1.74. The van der Waals surface area contributed by atoms with E-state index in [9.17, 15) is 23.4 Å². The first-order valence-electron chi connectivity index (χ1n) is 10.3. The lowest BCUT2D eigenvalue weighted by atomic mass is 10.0. The molecule has 0 radical (unpaired) electrons. The Hall–Kier alpha value is -2.92. The van der Waals surface area contributed by atoms with Gasteiger partial charge >= 0.3 is 6.18 Å². The summed E-state index contributed by atoms with van der Waals surface area (Å²) in [6.45, 7) is 2.17. The van der Waals surface area contributed by atoms with Crippen molar-refractivity contribution in [2.24, 2.45) is 11.8 Å². The fourth-order valence-electron chi connectivity index (χ4n) is 4.26. The predicted octanol–water partition coefficient (Wildman–Crippen LogP) is 3.09. The Bertz CT molecular complexity index is 1070. The zero-order chi connectivity index (χ0) is 23.0. The van der Waals surface area contributed by atoms with Crippen molar-refractivity contribution in [1.82, 2.24) is 19.9 Å². The average Bonchev–Trinajstić information content (AvgIpc) is 3.27. The number of hydrogen-bond acceptors (Lipinski definition) is 7. The quantitative estimate of drug-likeness (QED) is 0.392. The number of aliphatic hydroxyl groups excluding tert-OH is 2. The van der Waals surface area contributed by atoms with Crippen LogP contribution in [0.15, 0.2) is 24.5 Å². The van der Waals surface area contributed by atoms with Crippen LogP contribution in [0.2, 0.25) is 0 Å². The number of fused-ring (bicyclic) bond motifs is 1. The molecule has 3 aromatic rings. The molecular weight excluding hydrogens is 425 g/mol. The standard InChI is InChI=1S/C21H25F3N6O2/c1-10-14(6-13(8-31)18(10)32)29-19-17(15-5-12-3-4-25-7-16(12)28-15)11(2)27-20(30-19)26-9-21(22,23)24/h3-5,7,10,13-14,18,28,31-32H,6,8-9H2,1-2H3,(H2,26,27,29,30). The lowest BCUT2D eigenvalue weighted by Gasteiger charge is -2.22. The van der Waals surface area contributed by atoms with Crippen LogP contribution in [0.5, 0.6) is 0 Å². The Labute approximate surface area is 182 Å². The Morgan fingerprint density at radius 3 is 2.72 bits per heavy atom. The predicted molar refractivity (Wildman–Crippen MR) is 114 cm³/mol. The maximum absolute atomic E-state index is 12.7. The fourth-order valence-corrected chi connectivity index (χ4v) is 4.26. The minimum Gasteiger partial charge on any atom is -0.396 e. The van der Waals surface area contributed by atoms with Gasteiger partial charge < -0.3 is 25.8 Å². The van der Waals surface area contributed by atoms with E-state index in [1.54, 1.807) is 19.3 Å². The molecule has 0 aliphatic heterocycles. The molecule has 5 N–H and O–H groups in total. The molecule has 8 nitrogen and oxygen atoms in total. The van der Waals surface area contributed by atoms with Gasteiger partial charge in [-0.05, 0) is 25.5 Å². The molecule has 1 aliphatic carbocycles. The monoisotopic (exact) mass is 450 g/mol. The van der Waals surface area contributed by atoms with E-state index in [0.717, 1.165) is 10.9 Å². The van der Waals surface area contributed by atoms with E-state index >= 15 is 0 Å². The minimum absolute atomic E-state index is 0.145. The van der Waals surface area contributed by atoms with Crippen molar-refractivity contribution in [2.45, 2.75) is 38.6 Å². The second-order valence-electron chi connectivity index (χ2n) is 8.25. The summed E-state index contributed by atoms with van der Waals surface area (Å²) in [5.74, 6) is -0.261. The number of aromatic amines is 1. The van der Waals surface area contributed by atoms with Crippen molar-refractivity contribution in [2.75, 3.05) is 23.8 Å². The number of aliphatic hydroxyl groups is 2. The highest BCUT2D eigenvalue weighted by Crippen LogP contribution is 2.37. The first-order valence-corrected chi connectivity index (χ1v) is 10.3. The zero-order valence-corrected chi connectivity index (χ0v) is 17.6. The molecule has 3 heterocycles. The van der Waals surface area contributed by atoms with E-state index in [-0.39, 0.29) is 30.4 Å². The van der Waals surface area contributed by atoms with Crippen LogP contribution in [0, 0.1) is 18.8 Å². The molecule has 32 heavy (non-hydrogen) atoms. The number of aromatic nitrogens is 4. The van der Waals surface area contributed by atoms with Crippen molar-refractivity contribution in [3.63, 3.8) is 0 Å². The lowest BCUT2D eigenvalue weighted by Crippen LogP contribution is -2.29. The molecule has 11 heteroatoms. The van der Waals surface area contributed by atoms with Crippen LogP contribution in [0.1, 0.15) is 19.0 Å². The number of aryl methyl sites for hydroxylation is 1. The smallest absolute Gasteiger partial charge is 0.396 e. The van der Waals surface area contributed by atoms with E-state index in [2.05, 4.69) is 30.6 Å². The number of alkyl halides is 3. The van der Waals surface area contributed by atoms with Crippen LogP contribution < -0.4 is 10.6 Å². The van der Waals surface area contributed by atoms with Gasteiger partial charge in [0.1, 0.15) is 12.4 Å². The van der Waals surface area contributed by atoms with E-state index in [4.69, 9.17) is 0 Å². The molecule has 0 spiro atoms. The van der Waals surface area contributed by atoms with E-state index in [1.165, 1.54) is 0 Å². The Kier molecular flexibility index (Phi) is 5.95. The van der Waals surface area contributed by atoms with Crippen molar-refractivity contribution < 1.29 is 23.4 Å². The van der Waals surface area contributed by atoms with Crippen LogP contribution in [-0.4, -0.2) is 61.6 Å². The highest BCUT2D eigenvalue weighted by molar-refractivity contribution is 5.88. The summed E-state index contributed by atoms with van der Waals surface area (Å²) in [6.07, 6.45) is -1.24. The molecule has 1 fully saturated rings. The van der Waals surface area contributed by atoms with Gasteiger partial charge in [-0.2, -0.15) is 18.2 Å². The maximum atomic E-state index is 12.7. The third-order valence-electron chi connectivity index (χ3n) is 6.00. The summed E-state index contributed by atoms with van der Waals surface area (Å²) < 4.78 is 38.1. The fraction of sp³-hybridized carbons (Fsp3) is 0.476. The number of rotatable bonds is 6. The molecule has 0 saturated heterocycles. The molecule has 0 amide bonds. The van der Waals surface area contributed by atoms with Crippen LogP contribution in [0.4, 0.5) is 24.9 Å². The van der Waals surface area contributed by atoms with Crippen molar-refractivity contribution in [1.29, 1.82) is 0 Å². The van der Waals surface area contributed by atoms with Crippen LogP contribution in [0.3, 0.4) is 0 Å². The van der Waals surface area contributed by atoms with E-state index in [0.29, 0.717) is 29.2 Å². The maximum Gasteiger partial charge on any atom is 0.405 e. The molecule has 1 saturated carbocycles. The summed E-state index contributed by atoms with van der Waals surface area (Å²) in [5.41, 5.74) is 2.60. The molecule has 0 aromatic carbocycles. The number of anilines is 2. The summed E-state index contributed by atoms with van der Waals surface area (Å²) >= 11 is 0. The van der Waals surface area contributed by atoms with Crippen LogP contribution >= 0.6 is 0 Å². The molecule has 0 bridgehead atoms. The van der Waals surface area contributed by atoms with Gasteiger partial charge in [-0.3, -0.25) is 4.98 Å². The average molecular weight is 450 g/mol. The van der Waals surface area contributed by atoms with Crippen LogP contribution in [-0.2, 0) is 0 Å². The van der Waals surface area contributed by atoms with Gasteiger partial charge in [0.05, 0.1) is 34.8 Å². The second kappa shape index (κ2) is 8.55. The highest BCUT2D eigenvalue weighted by atomic mass is 19.4. The van der Waals surface area contributed by atoms with Gasteiger partial charge in [-0.25, -0.2) is 4.98 Å². The molecule has 4 rings (SSSR count). The van der Waals surface area contributed by atoms with Gasteiger partial charge in [0, 0.05) is 36.1 Å². The molecule has 172 valence electrons. The SMILES string of the molecule is Cc1nc(NCC(F)(F)F)nc(NC2CC(CO)C(O)C2C)c1-c1cc2ccncc2[nH]1. The van der Waals surface area contributed by atoms with Gasteiger partial charge in [0.15, 0.2) is 0 Å². The number of pyridine rings is 1. The summed E-state index contributed by atoms with van der Waals surface area (Å²) in [6, 6.07) is 3.52. The molecule has 3 aromatic heterocycles. The van der Waals surface area contributed by atoms with E-state index < -0.39 is 18.8 Å². The van der Waals surface area contributed by atoms with Gasteiger partial charge in [-0.15, -0.1) is 0 Å². The first kappa shape index (κ1) is 22.3. The first-order chi connectivity index (χ1) is 15.2. The lowest BCUT2D eigenvalue weighted by molar-refractivity contribution is -0.115. The number of hydrogen-bond donors (Lipinski definition) is 5. The molecule has 1 aliphatic rings. The minimum atomic E-state index is -4.41. The molecular formula is C21H25F3N6O2. The largest absolute Gasteiger partial charge is 0.405 e. The highest BCUT2D eigenvalue weighted by Gasteiger charge is 2.40. The number of nitrogens with zero attached hydrogens (tertiary/aromatic N) is 3. The Morgan fingerprint density at radius 1 is 1.28 bits per heavy atom. The van der Waals surface area contributed by atoms with Crippen molar-refractivity contribution in [3.8, 4) is 11.3 Å². The normalized spacial score (nSPS) is 23.6. The third-order valence-corrected chi connectivity index (χ3v) is 6.00. The second-order valence-corrected chi connectivity index (χ2v) is 8.25. The summed E-state index contributed by atoms with van der Waals surface area (Å²) in [7, 11) is 0. The molecule has 4 atom stereocenters. The zero-order valence-electron chi connectivity index (χ0n) is 17.6. The van der Waals surface area contributed by atoms with Crippen molar-refractivity contribution in [3.05, 3.63) is 30.2 Å². The van der Waals surface area contributed by atoms with Gasteiger partial charge in [0.2, 0.25) is 5.95 Å². The third kappa shape index (κ3) is 4.49. The number of nitrogens with one attached hydrogen (secondary N) is 3. The van der Waals surface area contributed by atoms with Crippen molar-refractivity contribution >= 4 is 22.7 Å². The number of H-pyrrole nitrogens is 1. The number of halogens is 3. The van der Waals surface area contributed by atoms with Crippen LogP contribution in [0.25, 0.3) is 22.2 Å². The summed E-state index contributed by atoms with van der Waals surface area (Å²) in [5, 5.41) is 26.4. The van der Waals surface area contributed by atoms with Gasteiger partial charge in [0.25, 0.3) is 0 Å².